The Morgan fingerprint density at radius 1 is 1.05 bits per heavy atom. The Bertz CT molecular complexity index is 607. The Morgan fingerprint density at radius 2 is 1.71 bits per heavy atom. The van der Waals surface area contributed by atoms with Crippen molar-refractivity contribution >= 4 is 5.78 Å². The van der Waals surface area contributed by atoms with E-state index in [2.05, 4.69) is 0 Å². The molecule has 4 heteroatoms. The predicted molar refractivity (Wildman–Crippen MR) is 79.9 cm³/mol. The van der Waals surface area contributed by atoms with Gasteiger partial charge in [0, 0.05) is 12.0 Å². The van der Waals surface area contributed by atoms with Gasteiger partial charge in [-0.2, -0.15) is 0 Å². The monoisotopic (exact) mass is 286 g/mol. The summed E-state index contributed by atoms with van der Waals surface area (Å²) in [6, 6.07) is 14.1. The summed E-state index contributed by atoms with van der Waals surface area (Å²) in [6.45, 7) is 0. The maximum absolute atomic E-state index is 12.1. The molecule has 2 aromatic rings. The van der Waals surface area contributed by atoms with Crippen LogP contribution in [0.5, 0.6) is 11.5 Å². The van der Waals surface area contributed by atoms with Crippen LogP contribution in [-0.2, 0) is 0 Å². The Morgan fingerprint density at radius 3 is 2.33 bits per heavy atom. The molecule has 1 atom stereocenters. The third-order valence-corrected chi connectivity index (χ3v) is 3.27. The number of hydrogen-bond donors (Lipinski definition) is 1. The van der Waals surface area contributed by atoms with Gasteiger partial charge in [0.25, 0.3) is 0 Å². The van der Waals surface area contributed by atoms with Crippen LogP contribution in [0.1, 0.15) is 28.4 Å². The van der Waals surface area contributed by atoms with E-state index < -0.39 is 6.10 Å². The fourth-order valence-electron chi connectivity index (χ4n) is 2.10. The molecule has 0 aliphatic carbocycles. The van der Waals surface area contributed by atoms with E-state index in [0.29, 0.717) is 22.6 Å². The highest BCUT2D eigenvalue weighted by atomic mass is 16.5. The summed E-state index contributed by atoms with van der Waals surface area (Å²) in [5, 5.41) is 10.2. The van der Waals surface area contributed by atoms with Gasteiger partial charge in [-0.15, -0.1) is 0 Å². The lowest BCUT2D eigenvalue weighted by Crippen LogP contribution is -2.07. The SMILES string of the molecule is COc1ccc(C(O)CC(=O)c2ccccc2)cc1OC. The molecule has 21 heavy (non-hydrogen) atoms. The van der Waals surface area contributed by atoms with E-state index in [0.717, 1.165) is 0 Å². The fourth-order valence-corrected chi connectivity index (χ4v) is 2.10. The predicted octanol–water partition coefficient (Wildman–Crippen LogP) is 3.01. The number of carbonyl (C=O) groups is 1. The molecule has 4 nitrogen and oxygen atoms in total. The van der Waals surface area contributed by atoms with E-state index in [9.17, 15) is 9.90 Å². The standard InChI is InChI=1S/C17H18O4/c1-20-16-9-8-13(10-17(16)21-2)15(19)11-14(18)12-6-4-3-5-7-12/h3-10,15,19H,11H2,1-2H3. The maximum atomic E-state index is 12.1. The third-order valence-electron chi connectivity index (χ3n) is 3.27. The number of carbonyl (C=O) groups excluding carboxylic acids is 1. The Balaban J connectivity index is 2.13. The molecule has 1 unspecified atom stereocenters. The second kappa shape index (κ2) is 6.90. The van der Waals surface area contributed by atoms with Crippen LogP contribution in [0.2, 0.25) is 0 Å². The number of methoxy groups -OCH3 is 2. The first-order valence-corrected chi connectivity index (χ1v) is 6.64. The van der Waals surface area contributed by atoms with Crippen molar-refractivity contribution in [1.82, 2.24) is 0 Å². The summed E-state index contributed by atoms with van der Waals surface area (Å²) in [4.78, 5) is 12.1. The molecule has 0 aliphatic rings. The molecule has 0 heterocycles. The minimum absolute atomic E-state index is 0.0273. The number of aliphatic hydroxyl groups excluding tert-OH is 1. The molecule has 0 spiro atoms. The summed E-state index contributed by atoms with van der Waals surface area (Å²) in [5.74, 6) is 1.02. The zero-order valence-electron chi connectivity index (χ0n) is 12.1. The topological polar surface area (TPSA) is 55.8 Å². The second-order valence-electron chi connectivity index (χ2n) is 4.62. The largest absolute Gasteiger partial charge is 0.493 e. The lowest BCUT2D eigenvalue weighted by molar-refractivity contribution is 0.0879. The van der Waals surface area contributed by atoms with Crippen LogP contribution < -0.4 is 9.47 Å². The summed E-state index contributed by atoms with van der Waals surface area (Å²) < 4.78 is 10.3. The number of ether oxygens (including phenoxy) is 2. The van der Waals surface area contributed by atoms with Crippen LogP contribution in [-0.4, -0.2) is 25.1 Å². The van der Waals surface area contributed by atoms with Gasteiger partial charge in [0.05, 0.1) is 20.3 Å². The summed E-state index contributed by atoms with van der Waals surface area (Å²) in [6.07, 6.45) is -0.850. The quantitative estimate of drug-likeness (QED) is 0.829. The molecule has 0 saturated heterocycles. The number of hydrogen-bond acceptors (Lipinski definition) is 4. The number of Topliss-reactive ketones (excluding diaryl/α,β-unsaturated/α-hetero) is 1. The second-order valence-corrected chi connectivity index (χ2v) is 4.62. The number of aliphatic hydroxyl groups is 1. The molecule has 0 aliphatic heterocycles. The lowest BCUT2D eigenvalue weighted by atomic mass is 10.00. The first-order valence-electron chi connectivity index (χ1n) is 6.64. The van der Waals surface area contributed by atoms with E-state index >= 15 is 0 Å². The molecule has 0 aromatic heterocycles. The van der Waals surface area contributed by atoms with E-state index in [1.54, 1.807) is 49.6 Å². The van der Waals surface area contributed by atoms with Gasteiger partial charge in [0.15, 0.2) is 17.3 Å². The molecule has 0 fully saturated rings. The van der Waals surface area contributed by atoms with E-state index in [4.69, 9.17) is 9.47 Å². The highest BCUT2D eigenvalue weighted by molar-refractivity contribution is 5.96. The minimum Gasteiger partial charge on any atom is -0.493 e. The van der Waals surface area contributed by atoms with Crippen molar-refractivity contribution in [2.75, 3.05) is 14.2 Å². The van der Waals surface area contributed by atoms with E-state index in [1.807, 2.05) is 6.07 Å². The van der Waals surface area contributed by atoms with Crippen LogP contribution >= 0.6 is 0 Å². The van der Waals surface area contributed by atoms with Crippen LogP contribution in [0.25, 0.3) is 0 Å². The van der Waals surface area contributed by atoms with Gasteiger partial charge < -0.3 is 14.6 Å². The van der Waals surface area contributed by atoms with Crippen molar-refractivity contribution in [1.29, 1.82) is 0 Å². The highest BCUT2D eigenvalue weighted by Crippen LogP contribution is 2.31. The maximum Gasteiger partial charge on any atom is 0.165 e. The van der Waals surface area contributed by atoms with Gasteiger partial charge in [-0.3, -0.25) is 4.79 Å². The Kier molecular flexibility index (Phi) is 4.95. The molecule has 2 aromatic carbocycles. The molecule has 2 rings (SSSR count). The first-order chi connectivity index (χ1) is 10.2. The molecular formula is C17H18O4. The zero-order chi connectivity index (χ0) is 15.2. The van der Waals surface area contributed by atoms with Crippen molar-refractivity contribution in [3.05, 3.63) is 59.7 Å². The third kappa shape index (κ3) is 3.61. The van der Waals surface area contributed by atoms with Crippen molar-refractivity contribution < 1.29 is 19.4 Å². The molecule has 0 amide bonds. The first kappa shape index (κ1) is 15.1. The fraction of sp³-hybridized carbons (Fsp3) is 0.235. The number of ketones is 1. The van der Waals surface area contributed by atoms with Gasteiger partial charge in [0.1, 0.15) is 0 Å². The average Bonchev–Trinajstić information content (AvgIpc) is 2.54. The van der Waals surface area contributed by atoms with Crippen molar-refractivity contribution in [2.45, 2.75) is 12.5 Å². The van der Waals surface area contributed by atoms with Crippen molar-refractivity contribution in [3.8, 4) is 11.5 Å². The average molecular weight is 286 g/mol. The van der Waals surface area contributed by atoms with Crippen LogP contribution in [0.3, 0.4) is 0 Å². The van der Waals surface area contributed by atoms with Gasteiger partial charge in [0.2, 0.25) is 0 Å². The smallest absolute Gasteiger partial charge is 0.165 e. The van der Waals surface area contributed by atoms with Crippen molar-refractivity contribution in [2.24, 2.45) is 0 Å². The van der Waals surface area contributed by atoms with Gasteiger partial charge in [-0.25, -0.2) is 0 Å². The number of benzene rings is 2. The molecule has 0 saturated carbocycles. The van der Waals surface area contributed by atoms with Gasteiger partial charge >= 0.3 is 0 Å². The normalized spacial score (nSPS) is 11.8. The van der Waals surface area contributed by atoms with Gasteiger partial charge in [-0.1, -0.05) is 36.4 Å². The summed E-state index contributed by atoms with van der Waals surface area (Å²) in [7, 11) is 3.08. The van der Waals surface area contributed by atoms with Gasteiger partial charge in [-0.05, 0) is 17.7 Å². The molecule has 110 valence electrons. The van der Waals surface area contributed by atoms with Crippen molar-refractivity contribution in [3.63, 3.8) is 0 Å². The van der Waals surface area contributed by atoms with Crippen LogP contribution in [0.15, 0.2) is 48.5 Å². The number of rotatable bonds is 6. The highest BCUT2D eigenvalue weighted by Gasteiger charge is 2.16. The Hall–Kier alpha value is -2.33. The molecule has 0 radical (unpaired) electrons. The van der Waals surface area contributed by atoms with E-state index in [-0.39, 0.29) is 12.2 Å². The summed E-state index contributed by atoms with van der Waals surface area (Å²) in [5.41, 5.74) is 1.22. The molecule has 0 bridgehead atoms. The Labute approximate surface area is 123 Å². The molecule has 1 N–H and O–H groups in total. The summed E-state index contributed by atoms with van der Waals surface area (Å²) >= 11 is 0. The zero-order valence-corrected chi connectivity index (χ0v) is 12.1. The molecular weight excluding hydrogens is 268 g/mol. The minimum atomic E-state index is -0.877. The lowest BCUT2D eigenvalue weighted by Gasteiger charge is -2.13. The van der Waals surface area contributed by atoms with Crippen LogP contribution in [0.4, 0.5) is 0 Å². The van der Waals surface area contributed by atoms with Crippen LogP contribution in [0, 0.1) is 0 Å². The van der Waals surface area contributed by atoms with E-state index in [1.165, 1.54) is 7.11 Å².